The van der Waals surface area contributed by atoms with Crippen LogP contribution in [0.4, 0.5) is 17.1 Å². The Morgan fingerprint density at radius 1 is 0.486 bits per heavy atom. The quantitative estimate of drug-likeness (QED) is 0.223. The van der Waals surface area contributed by atoms with E-state index in [9.17, 15) is 0 Å². The van der Waals surface area contributed by atoms with Crippen molar-refractivity contribution in [3.8, 4) is 0 Å². The largest absolute Gasteiger partial charge is 0.310 e. The van der Waals surface area contributed by atoms with Crippen LogP contribution >= 0.6 is 11.3 Å². The van der Waals surface area contributed by atoms with Gasteiger partial charge in [0.25, 0.3) is 0 Å². The highest BCUT2D eigenvalue weighted by Crippen LogP contribution is 2.45. The fourth-order valence-corrected chi connectivity index (χ4v) is 7.05. The number of hydrogen-bond acceptors (Lipinski definition) is 2. The highest BCUT2D eigenvalue weighted by Gasteiger charge is 2.19. The molecule has 0 atom stereocenters. The summed E-state index contributed by atoms with van der Waals surface area (Å²) < 4.78 is 2.66. The summed E-state index contributed by atoms with van der Waals surface area (Å²) in [6.07, 6.45) is 0. The van der Waals surface area contributed by atoms with Gasteiger partial charge in [-0.25, -0.2) is 0 Å². The van der Waals surface area contributed by atoms with Crippen molar-refractivity contribution in [1.29, 1.82) is 0 Å². The number of hydrogen-bond donors (Lipinski definition) is 0. The van der Waals surface area contributed by atoms with E-state index in [1.165, 1.54) is 75.1 Å². The Morgan fingerprint density at radius 3 is 2.05 bits per heavy atom. The van der Waals surface area contributed by atoms with E-state index in [1.54, 1.807) is 0 Å². The van der Waals surface area contributed by atoms with E-state index in [0.717, 1.165) is 0 Å². The van der Waals surface area contributed by atoms with Crippen LogP contribution in [0.15, 0.2) is 121 Å². The summed E-state index contributed by atoms with van der Waals surface area (Å²) >= 11 is 1.87. The van der Waals surface area contributed by atoms with Crippen LogP contribution in [-0.2, 0) is 0 Å². The smallest absolute Gasteiger partial charge is 0.0540 e. The molecule has 0 radical (unpaired) electrons. The third-order valence-corrected chi connectivity index (χ3v) is 8.78. The molecule has 174 valence electrons. The molecule has 0 saturated carbocycles. The molecule has 0 aliphatic heterocycles. The van der Waals surface area contributed by atoms with Gasteiger partial charge in [0.05, 0.1) is 5.69 Å². The fraction of sp³-hybridized carbons (Fsp3) is 0.0286. The van der Waals surface area contributed by atoms with Crippen LogP contribution in [0.3, 0.4) is 0 Å². The second-order valence-electron chi connectivity index (χ2n) is 9.89. The molecule has 0 aliphatic carbocycles. The lowest BCUT2D eigenvalue weighted by molar-refractivity contribution is 1.29. The Hall–Kier alpha value is -4.40. The Morgan fingerprint density at radius 2 is 1.19 bits per heavy atom. The zero-order valence-corrected chi connectivity index (χ0v) is 21.2. The van der Waals surface area contributed by atoms with E-state index in [0.29, 0.717) is 0 Å². The van der Waals surface area contributed by atoms with Crippen LogP contribution in [0.25, 0.3) is 52.5 Å². The first-order valence-corrected chi connectivity index (χ1v) is 13.5. The third-order valence-electron chi connectivity index (χ3n) is 7.62. The lowest BCUT2D eigenvalue weighted by atomic mass is 9.93. The first-order valence-electron chi connectivity index (χ1n) is 12.7. The summed E-state index contributed by atoms with van der Waals surface area (Å²) in [5, 5.41) is 10.5. The zero-order valence-electron chi connectivity index (χ0n) is 20.4. The molecule has 0 aliphatic rings. The molecule has 0 fully saturated rings. The van der Waals surface area contributed by atoms with Crippen molar-refractivity contribution in [1.82, 2.24) is 0 Å². The van der Waals surface area contributed by atoms with E-state index in [4.69, 9.17) is 0 Å². The Labute approximate surface area is 219 Å². The maximum atomic E-state index is 2.44. The minimum Gasteiger partial charge on any atom is -0.310 e. The highest BCUT2D eigenvalue weighted by atomic mass is 32.1. The van der Waals surface area contributed by atoms with Crippen LogP contribution in [0, 0.1) is 6.92 Å². The average molecular weight is 490 g/mol. The molecular weight excluding hydrogens is 466 g/mol. The number of thiophene rings is 1. The number of nitrogens with zero attached hydrogens (tertiary/aromatic N) is 1. The molecule has 1 heterocycles. The van der Waals surface area contributed by atoms with Gasteiger partial charge in [-0.1, -0.05) is 78.9 Å². The molecule has 37 heavy (non-hydrogen) atoms. The Balaban J connectivity index is 1.46. The van der Waals surface area contributed by atoms with E-state index in [-0.39, 0.29) is 0 Å². The molecule has 8 rings (SSSR count). The highest BCUT2D eigenvalue weighted by molar-refractivity contribution is 7.25. The number of anilines is 3. The zero-order chi connectivity index (χ0) is 24.5. The summed E-state index contributed by atoms with van der Waals surface area (Å²) in [6.45, 7) is 2.17. The van der Waals surface area contributed by atoms with E-state index < -0.39 is 0 Å². The van der Waals surface area contributed by atoms with Gasteiger partial charge >= 0.3 is 0 Å². The molecule has 2 heteroatoms. The molecule has 8 aromatic rings. The standard InChI is InChI=1S/C35H23NS/c1-22-6-4-9-26(20-22)36(27-16-19-33-30(21-27)28-10-2-3-11-32(28)37-33)31-18-15-25-13-12-23-7-5-8-24-14-17-29(31)35(25)34(23)24/h2-21H,1H3. The topological polar surface area (TPSA) is 3.24 Å². The van der Waals surface area contributed by atoms with Crippen molar-refractivity contribution >= 4 is 80.9 Å². The maximum absolute atomic E-state index is 2.44. The van der Waals surface area contributed by atoms with Crippen molar-refractivity contribution in [2.75, 3.05) is 4.90 Å². The summed E-state index contributed by atoms with van der Waals surface area (Å²) in [5.74, 6) is 0. The summed E-state index contributed by atoms with van der Waals surface area (Å²) in [7, 11) is 0. The normalized spacial score (nSPS) is 11.9. The van der Waals surface area contributed by atoms with Gasteiger partial charge in [-0.2, -0.15) is 0 Å². The lowest BCUT2D eigenvalue weighted by Gasteiger charge is -2.28. The minimum atomic E-state index is 1.17. The molecule has 7 aromatic carbocycles. The van der Waals surface area contributed by atoms with Crippen LogP contribution in [-0.4, -0.2) is 0 Å². The van der Waals surface area contributed by atoms with Gasteiger partial charge in [0.2, 0.25) is 0 Å². The van der Waals surface area contributed by atoms with Crippen LogP contribution in [0.1, 0.15) is 5.56 Å². The average Bonchev–Trinajstić information content (AvgIpc) is 3.31. The van der Waals surface area contributed by atoms with E-state index >= 15 is 0 Å². The summed E-state index contributed by atoms with van der Waals surface area (Å²) in [6, 6.07) is 44.8. The first-order chi connectivity index (χ1) is 18.2. The van der Waals surface area contributed by atoms with Crippen molar-refractivity contribution in [2.45, 2.75) is 6.92 Å². The first kappa shape index (κ1) is 20.8. The molecule has 0 N–H and O–H groups in total. The molecule has 1 aromatic heterocycles. The van der Waals surface area contributed by atoms with Gasteiger partial charge in [0.1, 0.15) is 0 Å². The SMILES string of the molecule is Cc1cccc(N(c2ccc3sc4ccccc4c3c2)c2ccc3ccc4cccc5ccc2c3c45)c1. The molecule has 0 spiro atoms. The van der Waals surface area contributed by atoms with Crippen LogP contribution < -0.4 is 4.90 Å². The van der Waals surface area contributed by atoms with Gasteiger partial charge in [-0.3, -0.25) is 0 Å². The van der Waals surface area contributed by atoms with Gasteiger partial charge < -0.3 is 4.90 Å². The second-order valence-corrected chi connectivity index (χ2v) is 11.0. The molecule has 0 saturated heterocycles. The minimum absolute atomic E-state index is 1.17. The van der Waals surface area contributed by atoms with Crippen LogP contribution in [0.5, 0.6) is 0 Å². The van der Waals surface area contributed by atoms with Crippen molar-refractivity contribution < 1.29 is 0 Å². The predicted molar refractivity (Wildman–Crippen MR) is 162 cm³/mol. The molecule has 0 unspecified atom stereocenters. The van der Waals surface area contributed by atoms with E-state index in [1.807, 2.05) is 11.3 Å². The second kappa shape index (κ2) is 7.80. The number of benzene rings is 7. The summed E-state index contributed by atoms with van der Waals surface area (Å²) in [4.78, 5) is 2.44. The Kier molecular flexibility index (Phi) is 4.37. The van der Waals surface area contributed by atoms with Crippen molar-refractivity contribution in [2.24, 2.45) is 0 Å². The van der Waals surface area contributed by atoms with Gasteiger partial charge in [-0.15, -0.1) is 11.3 Å². The fourth-order valence-electron chi connectivity index (χ4n) is 5.96. The van der Waals surface area contributed by atoms with Gasteiger partial charge in [-0.05, 0) is 81.9 Å². The van der Waals surface area contributed by atoms with Crippen molar-refractivity contribution in [3.63, 3.8) is 0 Å². The summed E-state index contributed by atoms with van der Waals surface area (Å²) in [5.41, 5.74) is 4.81. The van der Waals surface area contributed by atoms with Crippen molar-refractivity contribution in [3.05, 3.63) is 127 Å². The molecular formula is C35H23NS. The van der Waals surface area contributed by atoms with Crippen LogP contribution in [0.2, 0.25) is 0 Å². The number of aryl methyl sites for hydroxylation is 1. The van der Waals surface area contributed by atoms with Gasteiger partial charge in [0, 0.05) is 36.9 Å². The third kappa shape index (κ3) is 3.09. The number of rotatable bonds is 3. The van der Waals surface area contributed by atoms with E-state index in [2.05, 4.69) is 133 Å². The molecule has 0 amide bonds. The van der Waals surface area contributed by atoms with Gasteiger partial charge in [0.15, 0.2) is 0 Å². The predicted octanol–water partition coefficient (Wildman–Crippen LogP) is 10.7. The lowest BCUT2D eigenvalue weighted by Crippen LogP contribution is -2.10. The Bertz CT molecular complexity index is 2100. The monoisotopic (exact) mass is 489 g/mol. The molecule has 0 bridgehead atoms. The maximum Gasteiger partial charge on any atom is 0.0540 e. The molecule has 1 nitrogen and oxygen atoms in total. The number of fused-ring (bicyclic) bond motifs is 3.